The second-order valence-corrected chi connectivity index (χ2v) is 5.44. The van der Waals surface area contributed by atoms with Gasteiger partial charge in [-0.15, -0.1) is 0 Å². The Morgan fingerprint density at radius 2 is 2.13 bits per heavy atom. The van der Waals surface area contributed by atoms with Crippen LogP contribution in [0.1, 0.15) is 17.4 Å². The van der Waals surface area contributed by atoms with Gasteiger partial charge in [-0.25, -0.2) is 0 Å². The van der Waals surface area contributed by atoms with Crippen molar-refractivity contribution in [3.05, 3.63) is 47.9 Å². The van der Waals surface area contributed by atoms with Crippen LogP contribution in [0.15, 0.2) is 41.0 Å². The molecule has 1 N–H and O–H groups in total. The summed E-state index contributed by atoms with van der Waals surface area (Å²) in [5.74, 6) is 2.25. The minimum Gasteiger partial charge on any atom is -0.468 e. The van der Waals surface area contributed by atoms with E-state index in [1.54, 1.807) is 13.4 Å². The Labute approximate surface area is 135 Å². The molecule has 0 amide bonds. The molecule has 2 aromatic rings. The van der Waals surface area contributed by atoms with Crippen LogP contribution in [0, 0.1) is 0 Å². The highest BCUT2D eigenvalue weighted by molar-refractivity contribution is 5.45. The molecule has 1 aliphatic heterocycles. The molecule has 1 unspecified atom stereocenters. The molecule has 0 saturated heterocycles. The quantitative estimate of drug-likeness (QED) is 0.805. The lowest BCUT2D eigenvalue weighted by atomic mass is 10.1. The van der Waals surface area contributed by atoms with Crippen LogP contribution in [-0.4, -0.2) is 43.6 Å². The summed E-state index contributed by atoms with van der Waals surface area (Å²) >= 11 is 0. The maximum atomic E-state index is 10.5. The molecule has 3 rings (SSSR count). The maximum Gasteiger partial charge on any atom is 0.231 e. The predicted molar refractivity (Wildman–Crippen MR) is 83.4 cm³/mol. The summed E-state index contributed by atoms with van der Waals surface area (Å²) in [5, 5.41) is 10.5. The number of hydrogen-bond donors (Lipinski definition) is 1. The third kappa shape index (κ3) is 4.04. The molecule has 6 nitrogen and oxygen atoms in total. The van der Waals surface area contributed by atoms with Crippen LogP contribution in [0.5, 0.6) is 11.5 Å². The molecular weight excluding hydrogens is 298 g/mol. The largest absolute Gasteiger partial charge is 0.468 e. The predicted octanol–water partition coefficient (Wildman–Crippen LogP) is 2.19. The van der Waals surface area contributed by atoms with Crippen molar-refractivity contribution in [3.8, 4) is 11.5 Å². The number of nitrogens with zero attached hydrogens (tertiary/aromatic N) is 1. The average Bonchev–Trinajstić information content (AvgIpc) is 3.22. The minimum absolute atomic E-state index is 0.230. The van der Waals surface area contributed by atoms with Gasteiger partial charge in [-0.1, -0.05) is 6.07 Å². The molecule has 1 aromatic heterocycles. The van der Waals surface area contributed by atoms with Crippen LogP contribution in [0.2, 0.25) is 0 Å². The maximum absolute atomic E-state index is 10.5. The second kappa shape index (κ2) is 7.50. The first kappa shape index (κ1) is 15.9. The topological polar surface area (TPSA) is 64.3 Å². The van der Waals surface area contributed by atoms with Crippen molar-refractivity contribution in [2.45, 2.75) is 12.6 Å². The molecule has 124 valence electrons. The van der Waals surface area contributed by atoms with Crippen molar-refractivity contribution in [2.24, 2.45) is 0 Å². The van der Waals surface area contributed by atoms with Gasteiger partial charge in [0, 0.05) is 20.2 Å². The van der Waals surface area contributed by atoms with Crippen molar-refractivity contribution in [1.82, 2.24) is 4.90 Å². The summed E-state index contributed by atoms with van der Waals surface area (Å²) in [6, 6.07) is 9.30. The summed E-state index contributed by atoms with van der Waals surface area (Å²) in [6.07, 6.45) is 1.02. The first-order valence-electron chi connectivity index (χ1n) is 7.57. The highest BCUT2D eigenvalue weighted by Gasteiger charge is 2.19. The van der Waals surface area contributed by atoms with Gasteiger partial charge in [0.25, 0.3) is 0 Å². The van der Waals surface area contributed by atoms with Gasteiger partial charge >= 0.3 is 0 Å². The number of fused-ring (bicyclic) bond motifs is 1. The van der Waals surface area contributed by atoms with Crippen LogP contribution in [0.4, 0.5) is 0 Å². The van der Waals surface area contributed by atoms with E-state index in [9.17, 15) is 5.11 Å². The number of aliphatic hydroxyl groups excluding tert-OH is 1. The van der Waals surface area contributed by atoms with Gasteiger partial charge in [-0.05, 0) is 29.8 Å². The van der Waals surface area contributed by atoms with Gasteiger partial charge in [0.1, 0.15) is 5.76 Å². The van der Waals surface area contributed by atoms with E-state index in [-0.39, 0.29) is 6.79 Å². The van der Waals surface area contributed by atoms with E-state index in [0.29, 0.717) is 37.7 Å². The smallest absolute Gasteiger partial charge is 0.231 e. The van der Waals surface area contributed by atoms with Gasteiger partial charge in [-0.3, -0.25) is 4.90 Å². The number of aliphatic hydroxyl groups is 1. The Morgan fingerprint density at radius 3 is 2.91 bits per heavy atom. The van der Waals surface area contributed by atoms with Gasteiger partial charge in [0.15, 0.2) is 11.5 Å². The molecule has 1 aliphatic rings. The summed E-state index contributed by atoms with van der Waals surface area (Å²) in [6.45, 7) is 2.63. The molecule has 1 aromatic carbocycles. The number of methoxy groups -OCH3 is 1. The second-order valence-electron chi connectivity index (χ2n) is 5.44. The molecule has 1 atom stereocenters. The Morgan fingerprint density at radius 1 is 1.26 bits per heavy atom. The molecule has 0 aliphatic carbocycles. The zero-order chi connectivity index (χ0) is 16.1. The minimum atomic E-state index is -0.628. The van der Waals surface area contributed by atoms with E-state index in [1.807, 2.05) is 30.3 Å². The first-order valence-corrected chi connectivity index (χ1v) is 7.57. The van der Waals surface area contributed by atoms with Crippen molar-refractivity contribution >= 4 is 0 Å². The lowest BCUT2D eigenvalue weighted by Gasteiger charge is -2.24. The van der Waals surface area contributed by atoms with Gasteiger partial charge < -0.3 is 23.7 Å². The van der Waals surface area contributed by atoms with Crippen LogP contribution in [-0.2, 0) is 11.3 Å². The number of ether oxygens (including phenoxy) is 3. The Hall–Kier alpha value is -2.02. The van der Waals surface area contributed by atoms with E-state index in [2.05, 4.69) is 4.90 Å². The lowest BCUT2D eigenvalue weighted by Crippen LogP contribution is -2.31. The zero-order valence-electron chi connectivity index (χ0n) is 13.1. The van der Waals surface area contributed by atoms with E-state index in [1.165, 1.54) is 0 Å². The highest BCUT2D eigenvalue weighted by Crippen LogP contribution is 2.34. The molecule has 0 bridgehead atoms. The van der Waals surface area contributed by atoms with Crippen LogP contribution in [0.25, 0.3) is 0 Å². The summed E-state index contributed by atoms with van der Waals surface area (Å²) in [7, 11) is 1.67. The van der Waals surface area contributed by atoms with Crippen molar-refractivity contribution in [1.29, 1.82) is 0 Å². The normalized spacial score (nSPS) is 14.4. The van der Waals surface area contributed by atoms with Crippen molar-refractivity contribution < 1.29 is 23.7 Å². The summed E-state index contributed by atoms with van der Waals surface area (Å²) < 4.78 is 21.2. The molecule has 0 fully saturated rings. The molecule has 6 heteroatoms. The van der Waals surface area contributed by atoms with E-state index < -0.39 is 6.10 Å². The third-order valence-corrected chi connectivity index (χ3v) is 3.78. The van der Waals surface area contributed by atoms with E-state index >= 15 is 0 Å². The number of furan rings is 1. The number of hydrogen-bond acceptors (Lipinski definition) is 6. The molecule has 23 heavy (non-hydrogen) atoms. The standard InChI is InChI=1S/C17H21NO5/c1-20-8-6-18(10-14-3-2-7-21-14)11-15(19)13-4-5-16-17(9-13)23-12-22-16/h2-5,7,9,15,19H,6,8,10-12H2,1H3. The number of rotatable bonds is 8. The van der Waals surface area contributed by atoms with E-state index in [0.717, 1.165) is 11.3 Å². The third-order valence-electron chi connectivity index (χ3n) is 3.78. The molecule has 2 heterocycles. The van der Waals surface area contributed by atoms with Gasteiger partial charge in [0.2, 0.25) is 6.79 Å². The average molecular weight is 319 g/mol. The Bertz CT molecular complexity index is 613. The Balaban J connectivity index is 1.65. The fourth-order valence-corrected chi connectivity index (χ4v) is 2.55. The van der Waals surface area contributed by atoms with Crippen molar-refractivity contribution in [3.63, 3.8) is 0 Å². The SMILES string of the molecule is COCCN(Cc1ccco1)CC(O)c1ccc2c(c1)OCO2. The Kier molecular flexibility index (Phi) is 5.17. The number of benzene rings is 1. The molecular formula is C17H21NO5. The lowest BCUT2D eigenvalue weighted by molar-refractivity contribution is 0.0810. The molecule has 0 saturated carbocycles. The van der Waals surface area contributed by atoms with Crippen LogP contribution in [0.3, 0.4) is 0 Å². The zero-order valence-corrected chi connectivity index (χ0v) is 13.1. The first-order chi connectivity index (χ1) is 11.3. The van der Waals surface area contributed by atoms with Gasteiger partial charge in [-0.2, -0.15) is 0 Å². The van der Waals surface area contributed by atoms with Crippen LogP contribution >= 0.6 is 0 Å². The molecule has 0 radical (unpaired) electrons. The molecule has 0 spiro atoms. The van der Waals surface area contributed by atoms with Gasteiger partial charge in [0.05, 0.1) is 25.5 Å². The van der Waals surface area contributed by atoms with E-state index in [4.69, 9.17) is 18.6 Å². The fraction of sp³-hybridized carbons (Fsp3) is 0.412. The summed E-state index contributed by atoms with van der Waals surface area (Å²) in [5.41, 5.74) is 0.802. The monoisotopic (exact) mass is 319 g/mol. The highest BCUT2D eigenvalue weighted by atomic mass is 16.7. The van der Waals surface area contributed by atoms with Crippen molar-refractivity contribution in [2.75, 3.05) is 33.6 Å². The fourth-order valence-electron chi connectivity index (χ4n) is 2.55. The van der Waals surface area contributed by atoms with Crippen LogP contribution < -0.4 is 9.47 Å². The summed E-state index contributed by atoms with van der Waals surface area (Å²) in [4.78, 5) is 2.09.